The van der Waals surface area contributed by atoms with Crippen molar-refractivity contribution in [2.75, 3.05) is 19.0 Å². The lowest BCUT2D eigenvalue weighted by molar-refractivity contribution is -0.155. The number of ether oxygens (including phenoxy) is 2. The average molecular weight is 389 g/mol. The van der Waals surface area contributed by atoms with Gasteiger partial charge in [-0.3, -0.25) is 19.3 Å². The van der Waals surface area contributed by atoms with E-state index in [1.54, 1.807) is 31.2 Å². The Morgan fingerprint density at radius 1 is 1.29 bits per heavy atom. The predicted molar refractivity (Wildman–Crippen MR) is 98.6 cm³/mol. The summed E-state index contributed by atoms with van der Waals surface area (Å²) in [6.45, 7) is 2.55. The normalized spacial score (nSPS) is 22.5. The van der Waals surface area contributed by atoms with E-state index < -0.39 is 42.0 Å². The standard InChI is InChI=1S/C19H23N3O6/c1-11(16(24)20-13-6-8-14(27-3)9-7-13)28-15(23)10-22-17(25)19(2,12-4-5-12)21-18(22)26/h6-9,11-12H,4-5,10H2,1-3H3,(H,20,24)(H,21,26)/t11-,19+/m1/s1. The van der Waals surface area contributed by atoms with Crippen LogP contribution in [0.15, 0.2) is 24.3 Å². The molecule has 1 aliphatic carbocycles. The maximum absolute atomic E-state index is 12.5. The summed E-state index contributed by atoms with van der Waals surface area (Å²) in [5.41, 5.74) is -0.447. The lowest BCUT2D eigenvalue weighted by Gasteiger charge is -2.21. The number of esters is 1. The Bertz CT molecular complexity index is 804. The third kappa shape index (κ3) is 3.92. The van der Waals surface area contributed by atoms with E-state index in [9.17, 15) is 19.2 Å². The van der Waals surface area contributed by atoms with Crippen molar-refractivity contribution >= 4 is 29.5 Å². The number of urea groups is 1. The number of nitrogens with one attached hydrogen (secondary N) is 2. The average Bonchev–Trinajstić information content (AvgIpc) is 3.48. The highest BCUT2D eigenvalue weighted by molar-refractivity contribution is 6.09. The molecule has 2 fully saturated rings. The monoisotopic (exact) mass is 389 g/mol. The van der Waals surface area contributed by atoms with Crippen molar-refractivity contribution in [1.82, 2.24) is 10.2 Å². The minimum Gasteiger partial charge on any atom is -0.497 e. The van der Waals surface area contributed by atoms with E-state index in [-0.39, 0.29) is 5.92 Å². The number of amides is 4. The quantitative estimate of drug-likeness (QED) is 0.536. The molecule has 0 spiro atoms. The van der Waals surface area contributed by atoms with Gasteiger partial charge in [-0.1, -0.05) is 0 Å². The molecule has 1 saturated heterocycles. The van der Waals surface area contributed by atoms with Crippen LogP contribution in [0.25, 0.3) is 0 Å². The van der Waals surface area contributed by atoms with Gasteiger partial charge in [0, 0.05) is 5.69 Å². The topological polar surface area (TPSA) is 114 Å². The molecular formula is C19H23N3O6. The molecule has 1 aromatic carbocycles. The predicted octanol–water partition coefficient (Wildman–Crippen LogP) is 1.29. The number of rotatable bonds is 7. The number of hydrogen-bond acceptors (Lipinski definition) is 6. The van der Waals surface area contributed by atoms with Crippen molar-refractivity contribution in [3.05, 3.63) is 24.3 Å². The largest absolute Gasteiger partial charge is 0.497 e. The van der Waals surface area contributed by atoms with Crippen LogP contribution >= 0.6 is 0 Å². The smallest absolute Gasteiger partial charge is 0.327 e. The molecule has 0 unspecified atom stereocenters. The van der Waals surface area contributed by atoms with Gasteiger partial charge in [0.15, 0.2) is 6.10 Å². The van der Waals surface area contributed by atoms with Crippen molar-refractivity contribution < 1.29 is 28.7 Å². The van der Waals surface area contributed by atoms with E-state index in [1.807, 2.05) is 0 Å². The Hall–Kier alpha value is -3.10. The molecule has 2 aliphatic rings. The number of anilines is 1. The van der Waals surface area contributed by atoms with Gasteiger partial charge in [0.05, 0.1) is 7.11 Å². The van der Waals surface area contributed by atoms with E-state index in [1.165, 1.54) is 14.0 Å². The summed E-state index contributed by atoms with van der Waals surface area (Å²) in [6.07, 6.45) is 0.636. The molecule has 28 heavy (non-hydrogen) atoms. The maximum Gasteiger partial charge on any atom is 0.327 e. The van der Waals surface area contributed by atoms with E-state index in [0.29, 0.717) is 11.4 Å². The Morgan fingerprint density at radius 3 is 2.50 bits per heavy atom. The summed E-state index contributed by atoms with van der Waals surface area (Å²) < 4.78 is 10.1. The van der Waals surface area contributed by atoms with Crippen molar-refractivity contribution in [2.24, 2.45) is 5.92 Å². The fraction of sp³-hybridized carbons (Fsp3) is 0.474. The second-order valence-corrected chi connectivity index (χ2v) is 7.15. The van der Waals surface area contributed by atoms with E-state index >= 15 is 0 Å². The zero-order valence-electron chi connectivity index (χ0n) is 16.0. The molecule has 2 N–H and O–H groups in total. The van der Waals surface area contributed by atoms with Gasteiger partial charge in [0.1, 0.15) is 17.8 Å². The first kappa shape index (κ1) is 19.7. The fourth-order valence-electron chi connectivity index (χ4n) is 3.13. The molecule has 1 saturated carbocycles. The molecule has 150 valence electrons. The van der Waals surface area contributed by atoms with Gasteiger partial charge in [-0.25, -0.2) is 4.79 Å². The number of hydrogen-bond donors (Lipinski definition) is 2. The van der Waals surface area contributed by atoms with Crippen molar-refractivity contribution in [1.29, 1.82) is 0 Å². The number of methoxy groups -OCH3 is 1. The molecule has 0 bridgehead atoms. The zero-order valence-corrected chi connectivity index (χ0v) is 16.0. The van der Waals surface area contributed by atoms with Crippen molar-refractivity contribution in [3.63, 3.8) is 0 Å². The highest BCUT2D eigenvalue weighted by Crippen LogP contribution is 2.42. The van der Waals surface area contributed by atoms with Gasteiger partial charge in [-0.2, -0.15) is 0 Å². The van der Waals surface area contributed by atoms with Gasteiger partial charge in [0.25, 0.3) is 11.8 Å². The molecule has 1 heterocycles. The van der Waals surface area contributed by atoms with Crippen molar-refractivity contribution in [3.8, 4) is 5.75 Å². The molecule has 0 aromatic heterocycles. The van der Waals surface area contributed by atoms with Crippen LogP contribution in [-0.2, 0) is 19.1 Å². The molecule has 4 amide bonds. The molecule has 2 atom stereocenters. The van der Waals surface area contributed by atoms with Gasteiger partial charge in [0.2, 0.25) is 0 Å². The first-order valence-corrected chi connectivity index (χ1v) is 9.03. The second-order valence-electron chi connectivity index (χ2n) is 7.15. The fourth-order valence-corrected chi connectivity index (χ4v) is 3.13. The molecule has 3 rings (SSSR count). The number of nitrogens with zero attached hydrogens (tertiary/aromatic N) is 1. The van der Waals surface area contributed by atoms with Crippen LogP contribution in [0.4, 0.5) is 10.5 Å². The zero-order chi connectivity index (χ0) is 20.5. The lowest BCUT2D eigenvalue weighted by atomic mass is 9.96. The van der Waals surface area contributed by atoms with Crippen LogP contribution in [0, 0.1) is 5.92 Å². The second kappa shape index (κ2) is 7.49. The Labute approximate surface area is 162 Å². The molecule has 9 nitrogen and oxygen atoms in total. The number of imide groups is 1. The van der Waals surface area contributed by atoms with Crippen LogP contribution < -0.4 is 15.4 Å². The molecule has 1 aliphatic heterocycles. The van der Waals surface area contributed by atoms with Crippen LogP contribution in [0.3, 0.4) is 0 Å². The van der Waals surface area contributed by atoms with Crippen LogP contribution in [0.2, 0.25) is 0 Å². The summed E-state index contributed by atoms with van der Waals surface area (Å²) in [5, 5.41) is 5.27. The summed E-state index contributed by atoms with van der Waals surface area (Å²) >= 11 is 0. The molecular weight excluding hydrogens is 366 g/mol. The summed E-state index contributed by atoms with van der Waals surface area (Å²) in [6, 6.07) is 6.04. The first-order valence-electron chi connectivity index (χ1n) is 9.03. The number of carbonyl (C=O) groups excluding carboxylic acids is 4. The Kier molecular flexibility index (Phi) is 5.26. The van der Waals surface area contributed by atoms with E-state index in [2.05, 4.69) is 10.6 Å². The minimum absolute atomic E-state index is 0.0965. The highest BCUT2D eigenvalue weighted by Gasteiger charge is 2.56. The van der Waals surface area contributed by atoms with Crippen LogP contribution in [0.1, 0.15) is 26.7 Å². The van der Waals surface area contributed by atoms with Crippen molar-refractivity contribution in [2.45, 2.75) is 38.3 Å². The van der Waals surface area contributed by atoms with Gasteiger partial charge in [-0.15, -0.1) is 0 Å². The Morgan fingerprint density at radius 2 is 1.93 bits per heavy atom. The van der Waals surface area contributed by atoms with Gasteiger partial charge >= 0.3 is 12.0 Å². The number of benzene rings is 1. The molecule has 1 aromatic rings. The third-order valence-corrected chi connectivity index (χ3v) is 5.02. The minimum atomic E-state index is -1.09. The number of carbonyl (C=O) groups is 4. The maximum atomic E-state index is 12.5. The SMILES string of the molecule is COc1ccc(NC(=O)[C@@H](C)OC(=O)CN2C(=O)N[C@@](C)(C3CC3)C2=O)cc1. The molecule has 9 heteroatoms. The third-order valence-electron chi connectivity index (χ3n) is 5.02. The van der Waals surface area contributed by atoms with Crippen LogP contribution in [-0.4, -0.2) is 54.0 Å². The highest BCUT2D eigenvalue weighted by atomic mass is 16.5. The summed E-state index contributed by atoms with van der Waals surface area (Å²) in [7, 11) is 1.54. The van der Waals surface area contributed by atoms with E-state index in [4.69, 9.17) is 9.47 Å². The summed E-state index contributed by atoms with van der Waals surface area (Å²) in [4.78, 5) is 49.8. The van der Waals surface area contributed by atoms with E-state index in [0.717, 1.165) is 17.7 Å². The lowest BCUT2D eigenvalue weighted by Crippen LogP contribution is -2.46. The van der Waals surface area contributed by atoms with Crippen LogP contribution in [0.5, 0.6) is 5.75 Å². The molecule has 0 radical (unpaired) electrons. The first-order chi connectivity index (χ1) is 13.2. The Balaban J connectivity index is 1.53. The van der Waals surface area contributed by atoms with Gasteiger partial charge in [-0.05, 0) is 56.9 Å². The summed E-state index contributed by atoms with van der Waals surface area (Å²) in [5.74, 6) is -1.06. The van der Waals surface area contributed by atoms with Gasteiger partial charge < -0.3 is 20.1 Å².